The van der Waals surface area contributed by atoms with Gasteiger partial charge in [-0.1, -0.05) is 17.7 Å². The molecule has 0 saturated heterocycles. The monoisotopic (exact) mass is 294 g/mol. The van der Waals surface area contributed by atoms with E-state index in [4.69, 9.17) is 11.6 Å². The van der Waals surface area contributed by atoms with Crippen LogP contribution in [0.25, 0.3) is 0 Å². The summed E-state index contributed by atoms with van der Waals surface area (Å²) in [6.07, 6.45) is 0. The summed E-state index contributed by atoms with van der Waals surface area (Å²) >= 11 is 6.05. The minimum absolute atomic E-state index is 0.137. The molecule has 1 aromatic heterocycles. The fourth-order valence-electron chi connectivity index (χ4n) is 1.77. The number of hydrogen-bond acceptors (Lipinski definition) is 2. The molecule has 1 N–H and O–H groups in total. The summed E-state index contributed by atoms with van der Waals surface area (Å²) in [6, 6.07) is 6.95. The average molecular weight is 295 g/mol. The van der Waals surface area contributed by atoms with Crippen molar-refractivity contribution in [3.05, 3.63) is 62.8 Å². The zero-order chi connectivity index (χ0) is 14.9. The molecule has 6 heteroatoms. The van der Waals surface area contributed by atoms with Crippen molar-refractivity contribution in [1.82, 2.24) is 4.98 Å². The Morgan fingerprint density at radius 3 is 2.65 bits per heavy atom. The molecule has 0 aliphatic heterocycles. The minimum atomic E-state index is -0.437. The van der Waals surface area contributed by atoms with Crippen molar-refractivity contribution in [3.8, 4) is 0 Å². The van der Waals surface area contributed by atoms with Gasteiger partial charge in [-0.25, -0.2) is 4.39 Å². The van der Waals surface area contributed by atoms with Gasteiger partial charge in [0.1, 0.15) is 11.5 Å². The van der Waals surface area contributed by atoms with E-state index in [2.05, 4.69) is 4.98 Å². The zero-order valence-electron chi connectivity index (χ0n) is 10.9. The van der Waals surface area contributed by atoms with E-state index in [1.807, 2.05) is 0 Å². The Morgan fingerprint density at radius 1 is 1.30 bits per heavy atom. The molecule has 2 aromatic rings. The van der Waals surface area contributed by atoms with Gasteiger partial charge in [-0.2, -0.15) is 0 Å². The predicted molar refractivity (Wildman–Crippen MR) is 75.9 cm³/mol. The van der Waals surface area contributed by atoms with Crippen molar-refractivity contribution < 1.29 is 9.18 Å². The molecular weight excluding hydrogens is 283 g/mol. The number of rotatable bonds is 2. The third kappa shape index (κ3) is 2.58. The van der Waals surface area contributed by atoms with Gasteiger partial charge in [0.25, 0.3) is 5.91 Å². The lowest BCUT2D eigenvalue weighted by Crippen LogP contribution is -2.29. The maximum Gasteiger partial charge on any atom is 0.274 e. The van der Waals surface area contributed by atoms with E-state index in [0.29, 0.717) is 5.69 Å². The van der Waals surface area contributed by atoms with Crippen LogP contribution < -0.4 is 10.5 Å². The van der Waals surface area contributed by atoms with Crippen LogP contribution in [0, 0.1) is 12.7 Å². The molecule has 20 heavy (non-hydrogen) atoms. The Balaban J connectivity index is 2.41. The first kappa shape index (κ1) is 14.3. The first-order valence-electron chi connectivity index (χ1n) is 5.84. The van der Waals surface area contributed by atoms with Crippen LogP contribution in [0.4, 0.5) is 10.1 Å². The average Bonchev–Trinajstić information content (AvgIpc) is 2.43. The van der Waals surface area contributed by atoms with Crippen molar-refractivity contribution in [3.63, 3.8) is 0 Å². The van der Waals surface area contributed by atoms with E-state index in [0.717, 1.165) is 0 Å². The molecule has 2 rings (SSSR count). The highest BCUT2D eigenvalue weighted by atomic mass is 35.5. The van der Waals surface area contributed by atoms with Gasteiger partial charge in [-0.15, -0.1) is 0 Å². The van der Waals surface area contributed by atoms with Crippen LogP contribution >= 0.6 is 11.6 Å². The van der Waals surface area contributed by atoms with Crippen LogP contribution in [0.2, 0.25) is 5.02 Å². The minimum Gasteiger partial charge on any atom is -0.318 e. The van der Waals surface area contributed by atoms with Crippen molar-refractivity contribution in [2.24, 2.45) is 0 Å². The Bertz CT molecular complexity index is 727. The van der Waals surface area contributed by atoms with E-state index in [-0.39, 0.29) is 21.8 Å². The number of H-pyrrole nitrogens is 1. The number of carbonyl (C=O) groups excluding carboxylic acids is 1. The Hall–Kier alpha value is -2.14. The standard InChI is InChI=1S/C14H12ClFN2O2/c1-8-9(16)6-7-11(13(8)15)18(2)14(20)10-4-3-5-12(19)17-10/h3-7H,1-2H3,(H,17,19). The molecule has 0 fully saturated rings. The van der Waals surface area contributed by atoms with Crippen molar-refractivity contribution in [2.45, 2.75) is 6.92 Å². The van der Waals surface area contributed by atoms with Crippen LogP contribution in [-0.2, 0) is 0 Å². The largest absolute Gasteiger partial charge is 0.318 e. The summed E-state index contributed by atoms with van der Waals surface area (Å²) in [5.74, 6) is -0.872. The number of benzene rings is 1. The van der Waals surface area contributed by atoms with Crippen molar-refractivity contribution in [1.29, 1.82) is 0 Å². The SMILES string of the molecule is Cc1c(F)ccc(N(C)C(=O)c2cccc(=O)[nH]2)c1Cl. The molecule has 4 nitrogen and oxygen atoms in total. The molecule has 0 saturated carbocycles. The summed E-state index contributed by atoms with van der Waals surface area (Å²) < 4.78 is 13.4. The lowest BCUT2D eigenvalue weighted by atomic mass is 10.2. The second-order valence-corrected chi connectivity index (χ2v) is 4.68. The van der Waals surface area contributed by atoms with E-state index in [1.165, 1.54) is 49.2 Å². The number of nitrogens with one attached hydrogen (secondary N) is 1. The Kier molecular flexibility index (Phi) is 3.90. The summed E-state index contributed by atoms with van der Waals surface area (Å²) in [4.78, 5) is 27.2. The summed E-state index contributed by atoms with van der Waals surface area (Å²) in [5, 5.41) is 0.166. The predicted octanol–water partition coefficient (Wildman–Crippen LogP) is 2.75. The fourth-order valence-corrected chi connectivity index (χ4v) is 2.05. The molecule has 0 spiro atoms. The fraction of sp³-hybridized carbons (Fsp3) is 0.143. The van der Waals surface area contributed by atoms with Gasteiger partial charge in [0.2, 0.25) is 5.56 Å². The number of hydrogen-bond donors (Lipinski definition) is 1. The highest BCUT2D eigenvalue weighted by molar-refractivity contribution is 6.34. The van der Waals surface area contributed by atoms with Gasteiger partial charge in [0.05, 0.1) is 10.7 Å². The first-order valence-corrected chi connectivity index (χ1v) is 6.21. The second-order valence-electron chi connectivity index (χ2n) is 4.30. The first-order chi connectivity index (χ1) is 9.41. The molecule has 0 aliphatic rings. The summed E-state index contributed by atoms with van der Waals surface area (Å²) in [6.45, 7) is 1.53. The molecule has 0 aliphatic carbocycles. The lowest BCUT2D eigenvalue weighted by Gasteiger charge is -2.19. The smallest absolute Gasteiger partial charge is 0.274 e. The molecular formula is C14H12ClFN2O2. The van der Waals surface area contributed by atoms with Crippen molar-refractivity contribution in [2.75, 3.05) is 11.9 Å². The number of amides is 1. The number of aromatic nitrogens is 1. The molecule has 104 valence electrons. The van der Waals surface area contributed by atoms with Gasteiger partial charge in [-0.05, 0) is 25.1 Å². The number of aromatic amines is 1. The highest BCUT2D eigenvalue weighted by Gasteiger charge is 2.18. The third-order valence-electron chi connectivity index (χ3n) is 2.96. The Morgan fingerprint density at radius 2 is 2.00 bits per heavy atom. The van der Waals surface area contributed by atoms with Gasteiger partial charge < -0.3 is 9.88 Å². The lowest BCUT2D eigenvalue weighted by molar-refractivity contribution is 0.0988. The van der Waals surface area contributed by atoms with E-state index < -0.39 is 11.7 Å². The van der Waals surface area contributed by atoms with Gasteiger partial charge in [0.15, 0.2) is 0 Å². The molecule has 1 amide bonds. The van der Waals surface area contributed by atoms with Crippen LogP contribution in [0.3, 0.4) is 0 Å². The van der Waals surface area contributed by atoms with E-state index in [9.17, 15) is 14.0 Å². The maximum atomic E-state index is 13.4. The zero-order valence-corrected chi connectivity index (χ0v) is 11.7. The van der Waals surface area contributed by atoms with Gasteiger partial charge in [-0.3, -0.25) is 9.59 Å². The summed E-state index contributed by atoms with van der Waals surface area (Å²) in [7, 11) is 1.51. The van der Waals surface area contributed by atoms with Crippen molar-refractivity contribution >= 4 is 23.2 Å². The number of nitrogens with zero attached hydrogens (tertiary/aromatic N) is 1. The number of pyridine rings is 1. The van der Waals surface area contributed by atoms with Gasteiger partial charge in [0, 0.05) is 18.7 Å². The molecule has 0 unspecified atom stereocenters. The van der Waals surface area contributed by atoms with Crippen LogP contribution in [0.15, 0.2) is 35.1 Å². The maximum absolute atomic E-state index is 13.4. The van der Waals surface area contributed by atoms with E-state index >= 15 is 0 Å². The second kappa shape index (κ2) is 5.46. The molecule has 1 aromatic carbocycles. The third-order valence-corrected chi connectivity index (χ3v) is 3.44. The topological polar surface area (TPSA) is 53.2 Å². The van der Waals surface area contributed by atoms with Crippen LogP contribution in [-0.4, -0.2) is 17.9 Å². The van der Waals surface area contributed by atoms with Crippen LogP contribution in [0.5, 0.6) is 0 Å². The molecule has 0 radical (unpaired) electrons. The normalized spacial score (nSPS) is 10.4. The molecule has 1 heterocycles. The van der Waals surface area contributed by atoms with Crippen LogP contribution in [0.1, 0.15) is 16.1 Å². The quantitative estimate of drug-likeness (QED) is 0.926. The molecule has 0 atom stereocenters. The highest BCUT2D eigenvalue weighted by Crippen LogP contribution is 2.30. The Labute approximate surface area is 119 Å². The van der Waals surface area contributed by atoms with E-state index in [1.54, 1.807) is 0 Å². The number of halogens is 2. The number of carbonyl (C=O) groups is 1. The summed E-state index contributed by atoms with van der Waals surface area (Å²) in [5.41, 5.74) is 0.411. The number of anilines is 1. The van der Waals surface area contributed by atoms with Gasteiger partial charge >= 0.3 is 0 Å². The molecule has 0 bridgehead atoms.